The molecule has 0 spiro atoms. The molecule has 1 aromatic heterocycles. The molecule has 6 heteroatoms. The van der Waals surface area contributed by atoms with Crippen LogP contribution in [0.5, 0.6) is 0 Å². The lowest BCUT2D eigenvalue weighted by atomic mass is 9.82. The Bertz CT molecular complexity index is 596. The van der Waals surface area contributed by atoms with E-state index in [1.54, 1.807) is 12.3 Å². The van der Waals surface area contributed by atoms with E-state index in [4.69, 9.17) is 4.42 Å². The van der Waals surface area contributed by atoms with Crippen LogP contribution in [0, 0.1) is 18.8 Å². The molecule has 25 heavy (non-hydrogen) atoms. The molecule has 1 amide bonds. The molecule has 0 bridgehead atoms. The van der Waals surface area contributed by atoms with Gasteiger partial charge in [0.15, 0.2) is 11.7 Å². The predicted octanol–water partition coefficient (Wildman–Crippen LogP) is 2.41. The van der Waals surface area contributed by atoms with E-state index in [9.17, 15) is 4.79 Å². The number of hydrogen-bond acceptors (Lipinski definition) is 3. The van der Waals surface area contributed by atoms with Crippen LogP contribution in [0.25, 0.3) is 0 Å². The second-order valence-electron chi connectivity index (χ2n) is 7.23. The van der Waals surface area contributed by atoms with Crippen LogP contribution < -0.4 is 10.6 Å². The Morgan fingerprint density at radius 1 is 1.24 bits per heavy atom. The standard InChI is InChI=1S/C19H30N4O2/c1-14-8-11-25-17(14)18(24)21-9-5-10-22-19(20-2)23-12-15-6-3-4-7-16(15)13-23/h8,11,15-16H,3-7,9-10,12-13H2,1-2H3,(H,20,22)(H,21,24). The maximum Gasteiger partial charge on any atom is 0.287 e. The Morgan fingerprint density at radius 2 is 1.92 bits per heavy atom. The third-order valence-corrected chi connectivity index (χ3v) is 5.48. The molecular formula is C19H30N4O2. The molecular weight excluding hydrogens is 316 g/mol. The highest BCUT2D eigenvalue weighted by molar-refractivity contribution is 5.92. The highest BCUT2D eigenvalue weighted by Crippen LogP contribution is 2.35. The molecule has 2 N–H and O–H groups in total. The van der Waals surface area contributed by atoms with Crippen LogP contribution in [0.4, 0.5) is 0 Å². The maximum absolute atomic E-state index is 12.0. The van der Waals surface area contributed by atoms with Gasteiger partial charge in [-0.3, -0.25) is 9.79 Å². The van der Waals surface area contributed by atoms with Gasteiger partial charge in [-0.05, 0) is 44.1 Å². The summed E-state index contributed by atoms with van der Waals surface area (Å²) in [6, 6.07) is 1.80. The molecule has 1 aliphatic heterocycles. The van der Waals surface area contributed by atoms with Crippen LogP contribution in [0.2, 0.25) is 0 Å². The summed E-state index contributed by atoms with van der Waals surface area (Å²) in [5, 5.41) is 6.34. The Kier molecular flexibility index (Phi) is 6.00. The molecule has 0 radical (unpaired) electrons. The molecule has 1 aromatic rings. The molecule has 6 nitrogen and oxygen atoms in total. The lowest BCUT2D eigenvalue weighted by Gasteiger charge is -2.22. The van der Waals surface area contributed by atoms with Gasteiger partial charge in [0.25, 0.3) is 5.91 Å². The van der Waals surface area contributed by atoms with Crippen molar-refractivity contribution in [2.24, 2.45) is 16.8 Å². The molecule has 1 saturated heterocycles. The Morgan fingerprint density at radius 3 is 2.52 bits per heavy atom. The number of amides is 1. The third kappa shape index (κ3) is 4.35. The number of aryl methyl sites for hydroxylation is 1. The largest absolute Gasteiger partial charge is 0.459 e. The average Bonchev–Trinajstić information content (AvgIpc) is 3.23. The first kappa shape index (κ1) is 17.8. The van der Waals surface area contributed by atoms with E-state index in [1.165, 1.54) is 25.7 Å². The van der Waals surface area contributed by atoms with Crippen molar-refractivity contribution in [1.82, 2.24) is 15.5 Å². The highest BCUT2D eigenvalue weighted by atomic mass is 16.3. The minimum absolute atomic E-state index is 0.143. The van der Waals surface area contributed by atoms with Crippen molar-refractivity contribution in [1.29, 1.82) is 0 Å². The van der Waals surface area contributed by atoms with Gasteiger partial charge in [-0.1, -0.05) is 12.8 Å². The molecule has 2 atom stereocenters. The number of rotatable bonds is 5. The summed E-state index contributed by atoms with van der Waals surface area (Å²) in [6.45, 7) is 5.57. The van der Waals surface area contributed by atoms with E-state index in [0.717, 1.165) is 49.4 Å². The maximum atomic E-state index is 12.0. The third-order valence-electron chi connectivity index (χ3n) is 5.48. The molecule has 1 saturated carbocycles. The van der Waals surface area contributed by atoms with Crippen LogP contribution in [-0.2, 0) is 0 Å². The fourth-order valence-electron chi connectivity index (χ4n) is 4.09. The first-order chi connectivity index (χ1) is 12.2. The van der Waals surface area contributed by atoms with Gasteiger partial charge >= 0.3 is 0 Å². The van der Waals surface area contributed by atoms with E-state index in [1.807, 2.05) is 14.0 Å². The number of nitrogens with zero attached hydrogens (tertiary/aromatic N) is 2. The normalized spacial score (nSPS) is 23.4. The predicted molar refractivity (Wildman–Crippen MR) is 98.8 cm³/mol. The van der Waals surface area contributed by atoms with E-state index in [2.05, 4.69) is 20.5 Å². The molecule has 138 valence electrons. The molecule has 2 aliphatic rings. The number of carbonyl (C=O) groups is 1. The molecule has 2 unspecified atom stereocenters. The molecule has 1 aliphatic carbocycles. The lowest BCUT2D eigenvalue weighted by molar-refractivity contribution is 0.0925. The summed E-state index contributed by atoms with van der Waals surface area (Å²) in [5.41, 5.74) is 0.867. The van der Waals surface area contributed by atoms with Crippen LogP contribution >= 0.6 is 0 Å². The van der Waals surface area contributed by atoms with Crippen molar-refractivity contribution in [2.75, 3.05) is 33.2 Å². The Hall–Kier alpha value is -1.98. The van der Waals surface area contributed by atoms with Crippen LogP contribution in [-0.4, -0.2) is 50.0 Å². The van der Waals surface area contributed by atoms with Gasteiger partial charge in [0, 0.05) is 38.8 Å². The van der Waals surface area contributed by atoms with Gasteiger partial charge in [-0.15, -0.1) is 0 Å². The van der Waals surface area contributed by atoms with Crippen molar-refractivity contribution in [3.05, 3.63) is 23.7 Å². The van der Waals surface area contributed by atoms with E-state index in [0.29, 0.717) is 12.3 Å². The summed E-state index contributed by atoms with van der Waals surface area (Å²) >= 11 is 0. The zero-order valence-electron chi connectivity index (χ0n) is 15.4. The second-order valence-corrected chi connectivity index (χ2v) is 7.23. The lowest BCUT2D eigenvalue weighted by Crippen LogP contribution is -2.41. The van der Waals surface area contributed by atoms with Crippen LogP contribution in [0.1, 0.15) is 48.2 Å². The van der Waals surface area contributed by atoms with E-state index in [-0.39, 0.29) is 5.91 Å². The van der Waals surface area contributed by atoms with Gasteiger partial charge in [0.1, 0.15) is 0 Å². The zero-order valence-corrected chi connectivity index (χ0v) is 15.4. The number of fused-ring (bicyclic) bond motifs is 1. The summed E-state index contributed by atoms with van der Waals surface area (Å²) in [7, 11) is 1.85. The first-order valence-corrected chi connectivity index (χ1v) is 9.47. The Labute approximate surface area is 150 Å². The van der Waals surface area contributed by atoms with Crippen molar-refractivity contribution in [2.45, 2.75) is 39.0 Å². The monoisotopic (exact) mass is 346 g/mol. The minimum atomic E-state index is -0.143. The van der Waals surface area contributed by atoms with Crippen molar-refractivity contribution >= 4 is 11.9 Å². The zero-order chi connectivity index (χ0) is 17.6. The molecule has 3 rings (SSSR count). The minimum Gasteiger partial charge on any atom is -0.459 e. The average molecular weight is 346 g/mol. The number of aliphatic imine (C=N–C) groups is 1. The summed E-state index contributed by atoms with van der Waals surface area (Å²) in [4.78, 5) is 18.8. The van der Waals surface area contributed by atoms with Gasteiger partial charge in [0.2, 0.25) is 0 Å². The summed E-state index contributed by atoms with van der Waals surface area (Å²) < 4.78 is 5.20. The highest BCUT2D eigenvalue weighted by Gasteiger charge is 2.35. The number of nitrogens with one attached hydrogen (secondary N) is 2. The van der Waals surface area contributed by atoms with Crippen molar-refractivity contribution in [3.63, 3.8) is 0 Å². The van der Waals surface area contributed by atoms with Gasteiger partial charge in [-0.25, -0.2) is 0 Å². The van der Waals surface area contributed by atoms with Crippen LogP contribution in [0.3, 0.4) is 0 Å². The number of hydrogen-bond donors (Lipinski definition) is 2. The second kappa shape index (κ2) is 8.41. The topological polar surface area (TPSA) is 69.9 Å². The van der Waals surface area contributed by atoms with E-state index < -0.39 is 0 Å². The number of guanidine groups is 1. The molecule has 2 fully saturated rings. The fourth-order valence-corrected chi connectivity index (χ4v) is 4.09. The first-order valence-electron chi connectivity index (χ1n) is 9.47. The van der Waals surface area contributed by atoms with Gasteiger partial charge in [0.05, 0.1) is 6.26 Å². The quantitative estimate of drug-likeness (QED) is 0.488. The fraction of sp³-hybridized carbons (Fsp3) is 0.684. The van der Waals surface area contributed by atoms with Crippen molar-refractivity contribution < 1.29 is 9.21 Å². The van der Waals surface area contributed by atoms with Crippen molar-refractivity contribution in [3.8, 4) is 0 Å². The smallest absolute Gasteiger partial charge is 0.287 e. The van der Waals surface area contributed by atoms with Gasteiger partial charge < -0.3 is 20.0 Å². The summed E-state index contributed by atoms with van der Waals surface area (Å²) in [6.07, 6.45) is 7.91. The van der Waals surface area contributed by atoms with Crippen LogP contribution in [0.15, 0.2) is 21.7 Å². The van der Waals surface area contributed by atoms with E-state index >= 15 is 0 Å². The molecule has 2 heterocycles. The number of carbonyl (C=O) groups excluding carboxylic acids is 1. The SMILES string of the molecule is CN=C(NCCCNC(=O)c1occc1C)N1CC2CCCCC2C1. The number of likely N-dealkylation sites (tertiary alicyclic amines) is 1. The molecule has 0 aromatic carbocycles. The number of furan rings is 1. The summed E-state index contributed by atoms with van der Waals surface area (Å²) in [5.74, 6) is 2.97. The Balaban J connectivity index is 1.36. The van der Waals surface area contributed by atoms with Gasteiger partial charge in [-0.2, -0.15) is 0 Å².